The SMILES string of the molecule is COc1ccc(/C(C)=N\NC(=O)CN(c2cc(Cl)ccc2OC)S(=O)(=O)c2ccccc2)cc1OC. The van der Waals surface area contributed by atoms with Crippen molar-refractivity contribution in [2.24, 2.45) is 5.10 Å². The summed E-state index contributed by atoms with van der Waals surface area (Å²) in [5.74, 6) is 0.618. The molecule has 3 rings (SSSR count). The molecular formula is C25H26ClN3O6S. The first kappa shape index (κ1) is 26.8. The summed E-state index contributed by atoms with van der Waals surface area (Å²) in [7, 11) is 0.295. The van der Waals surface area contributed by atoms with Crippen LogP contribution in [0, 0.1) is 0 Å². The van der Waals surface area contributed by atoms with Gasteiger partial charge in [-0.3, -0.25) is 9.10 Å². The summed E-state index contributed by atoms with van der Waals surface area (Å²) >= 11 is 6.15. The van der Waals surface area contributed by atoms with Crippen molar-refractivity contribution >= 4 is 38.9 Å². The van der Waals surface area contributed by atoms with Gasteiger partial charge in [-0.25, -0.2) is 13.8 Å². The fraction of sp³-hybridized carbons (Fsp3) is 0.200. The first-order valence-electron chi connectivity index (χ1n) is 10.7. The molecule has 0 saturated heterocycles. The van der Waals surface area contributed by atoms with E-state index < -0.39 is 22.5 Å². The topological polar surface area (TPSA) is 107 Å². The van der Waals surface area contributed by atoms with E-state index in [0.29, 0.717) is 22.8 Å². The number of halogens is 1. The van der Waals surface area contributed by atoms with Gasteiger partial charge in [-0.15, -0.1) is 0 Å². The maximum absolute atomic E-state index is 13.5. The van der Waals surface area contributed by atoms with Gasteiger partial charge >= 0.3 is 0 Å². The van der Waals surface area contributed by atoms with E-state index in [4.69, 9.17) is 25.8 Å². The van der Waals surface area contributed by atoms with E-state index in [9.17, 15) is 13.2 Å². The highest BCUT2D eigenvalue weighted by Crippen LogP contribution is 2.34. The highest BCUT2D eigenvalue weighted by Gasteiger charge is 2.29. The highest BCUT2D eigenvalue weighted by atomic mass is 35.5. The van der Waals surface area contributed by atoms with Crippen molar-refractivity contribution in [3.63, 3.8) is 0 Å². The van der Waals surface area contributed by atoms with Gasteiger partial charge in [0.05, 0.1) is 37.6 Å². The molecule has 190 valence electrons. The molecule has 0 saturated carbocycles. The lowest BCUT2D eigenvalue weighted by Crippen LogP contribution is -2.40. The zero-order valence-corrected chi connectivity index (χ0v) is 21.8. The van der Waals surface area contributed by atoms with Crippen LogP contribution in [0.1, 0.15) is 12.5 Å². The Morgan fingerprint density at radius 1 is 0.917 bits per heavy atom. The number of methoxy groups -OCH3 is 3. The van der Waals surface area contributed by atoms with Crippen LogP contribution in [0.3, 0.4) is 0 Å². The Labute approximate surface area is 215 Å². The number of nitrogens with zero attached hydrogens (tertiary/aromatic N) is 2. The van der Waals surface area contributed by atoms with Gasteiger partial charge in [-0.05, 0) is 55.5 Å². The van der Waals surface area contributed by atoms with Gasteiger partial charge in [-0.1, -0.05) is 29.8 Å². The molecule has 0 aliphatic rings. The molecule has 0 heterocycles. The van der Waals surface area contributed by atoms with Crippen LogP contribution in [0.2, 0.25) is 5.02 Å². The standard InChI is InChI=1S/C25H26ClN3O6S/c1-17(18-10-12-23(34-3)24(14-18)35-4)27-28-25(30)16-29(21-15-19(26)11-13-22(21)33-2)36(31,32)20-8-6-5-7-9-20/h5-15H,16H2,1-4H3,(H,28,30)/b27-17-. The van der Waals surface area contributed by atoms with Crippen molar-refractivity contribution < 1.29 is 27.4 Å². The van der Waals surface area contributed by atoms with Crippen LogP contribution in [0.5, 0.6) is 17.2 Å². The molecule has 36 heavy (non-hydrogen) atoms. The first-order chi connectivity index (χ1) is 17.2. The third-order valence-corrected chi connectivity index (χ3v) is 7.19. The third kappa shape index (κ3) is 6.07. The molecule has 0 aliphatic carbocycles. The molecule has 3 aromatic rings. The van der Waals surface area contributed by atoms with Gasteiger partial charge in [0, 0.05) is 10.6 Å². The van der Waals surface area contributed by atoms with Crippen molar-refractivity contribution in [1.82, 2.24) is 5.43 Å². The number of anilines is 1. The van der Waals surface area contributed by atoms with Gasteiger partial charge in [0.2, 0.25) is 0 Å². The second-order valence-corrected chi connectivity index (χ2v) is 9.74. The van der Waals surface area contributed by atoms with Crippen LogP contribution in [-0.2, 0) is 14.8 Å². The molecule has 11 heteroatoms. The number of carbonyl (C=O) groups excluding carboxylic acids is 1. The quantitative estimate of drug-likeness (QED) is 0.312. The number of amides is 1. The Morgan fingerprint density at radius 2 is 1.56 bits per heavy atom. The summed E-state index contributed by atoms with van der Waals surface area (Å²) in [5, 5.41) is 4.41. The second kappa shape index (κ2) is 11.8. The lowest BCUT2D eigenvalue weighted by atomic mass is 10.1. The lowest BCUT2D eigenvalue weighted by Gasteiger charge is -2.25. The summed E-state index contributed by atoms with van der Waals surface area (Å²) in [4.78, 5) is 12.9. The van der Waals surface area contributed by atoms with Gasteiger partial charge in [0.15, 0.2) is 11.5 Å². The Balaban J connectivity index is 1.92. The smallest absolute Gasteiger partial charge is 0.264 e. The zero-order valence-electron chi connectivity index (χ0n) is 20.2. The minimum absolute atomic E-state index is 0.00448. The number of hydrazone groups is 1. The molecule has 0 unspecified atom stereocenters. The first-order valence-corrected chi connectivity index (χ1v) is 12.5. The van der Waals surface area contributed by atoms with E-state index in [2.05, 4.69) is 10.5 Å². The van der Waals surface area contributed by atoms with E-state index in [1.807, 2.05) is 0 Å². The van der Waals surface area contributed by atoms with Crippen LogP contribution >= 0.6 is 11.6 Å². The van der Waals surface area contributed by atoms with Crippen LogP contribution in [0.25, 0.3) is 0 Å². The monoisotopic (exact) mass is 531 g/mol. The molecule has 0 radical (unpaired) electrons. The van der Waals surface area contributed by atoms with E-state index >= 15 is 0 Å². The minimum Gasteiger partial charge on any atom is -0.495 e. The van der Waals surface area contributed by atoms with Gasteiger partial charge in [-0.2, -0.15) is 5.10 Å². The fourth-order valence-electron chi connectivity index (χ4n) is 3.32. The van der Waals surface area contributed by atoms with Crippen LogP contribution < -0.4 is 23.9 Å². The van der Waals surface area contributed by atoms with Gasteiger partial charge in [0.1, 0.15) is 12.3 Å². The van der Waals surface area contributed by atoms with Gasteiger partial charge in [0.25, 0.3) is 15.9 Å². The predicted molar refractivity (Wildman–Crippen MR) is 139 cm³/mol. The molecule has 9 nitrogen and oxygen atoms in total. The molecule has 0 aromatic heterocycles. The molecule has 0 bridgehead atoms. The zero-order chi connectivity index (χ0) is 26.3. The average molecular weight is 532 g/mol. The molecular weight excluding hydrogens is 506 g/mol. The number of rotatable bonds is 10. The number of carbonyl (C=O) groups is 1. The van der Waals surface area contributed by atoms with Crippen molar-refractivity contribution in [3.8, 4) is 17.2 Å². The normalized spacial score (nSPS) is 11.5. The Hall–Kier alpha value is -3.76. The van der Waals surface area contributed by atoms with Crippen molar-refractivity contribution in [2.45, 2.75) is 11.8 Å². The maximum atomic E-state index is 13.5. The Morgan fingerprint density at radius 3 is 2.19 bits per heavy atom. The minimum atomic E-state index is -4.15. The predicted octanol–water partition coefficient (Wildman–Crippen LogP) is 4.10. The largest absolute Gasteiger partial charge is 0.495 e. The Bertz CT molecular complexity index is 1360. The van der Waals surface area contributed by atoms with Crippen molar-refractivity contribution in [2.75, 3.05) is 32.2 Å². The molecule has 1 N–H and O–H groups in total. The Kier molecular flexibility index (Phi) is 8.78. The molecule has 3 aromatic carbocycles. The van der Waals surface area contributed by atoms with Gasteiger partial charge < -0.3 is 14.2 Å². The van der Waals surface area contributed by atoms with Crippen LogP contribution in [-0.4, -0.2) is 47.9 Å². The highest BCUT2D eigenvalue weighted by molar-refractivity contribution is 7.92. The van der Waals surface area contributed by atoms with E-state index in [-0.39, 0.29) is 21.4 Å². The van der Waals surface area contributed by atoms with Crippen molar-refractivity contribution in [3.05, 3.63) is 77.3 Å². The fourth-order valence-corrected chi connectivity index (χ4v) is 4.93. The van der Waals surface area contributed by atoms with E-state index in [0.717, 1.165) is 4.31 Å². The number of nitrogens with one attached hydrogen (secondary N) is 1. The van der Waals surface area contributed by atoms with Crippen LogP contribution in [0.15, 0.2) is 76.7 Å². The van der Waals surface area contributed by atoms with E-state index in [1.165, 1.54) is 45.6 Å². The summed E-state index contributed by atoms with van der Waals surface area (Å²) in [5.41, 5.74) is 3.69. The maximum Gasteiger partial charge on any atom is 0.264 e. The molecule has 0 fully saturated rings. The van der Waals surface area contributed by atoms with Crippen LogP contribution in [0.4, 0.5) is 5.69 Å². The summed E-state index contributed by atoms with van der Waals surface area (Å²) in [6, 6.07) is 17.5. The number of hydrogen-bond donors (Lipinski definition) is 1. The summed E-state index contributed by atoms with van der Waals surface area (Å²) in [6.07, 6.45) is 0. The molecule has 0 aliphatic heterocycles. The van der Waals surface area contributed by atoms with E-state index in [1.54, 1.807) is 49.4 Å². The second-order valence-electron chi connectivity index (χ2n) is 7.44. The summed E-state index contributed by atoms with van der Waals surface area (Å²) in [6.45, 7) is 1.12. The average Bonchev–Trinajstić information content (AvgIpc) is 2.90. The third-order valence-electron chi connectivity index (χ3n) is 5.18. The number of hydrogen-bond acceptors (Lipinski definition) is 7. The molecule has 0 atom stereocenters. The number of sulfonamides is 1. The summed E-state index contributed by atoms with van der Waals surface area (Å²) < 4.78 is 43.9. The van der Waals surface area contributed by atoms with Crippen molar-refractivity contribution in [1.29, 1.82) is 0 Å². The number of ether oxygens (including phenoxy) is 3. The number of benzene rings is 3. The molecule has 0 spiro atoms. The molecule has 1 amide bonds. The lowest BCUT2D eigenvalue weighted by molar-refractivity contribution is -0.119.